The summed E-state index contributed by atoms with van der Waals surface area (Å²) in [5.74, 6) is 2.89. The van der Waals surface area contributed by atoms with Crippen molar-refractivity contribution in [3.63, 3.8) is 0 Å². The van der Waals surface area contributed by atoms with Gasteiger partial charge in [-0.3, -0.25) is 0 Å². The minimum Gasteiger partial charge on any atom is -0.410 e. The van der Waals surface area contributed by atoms with Gasteiger partial charge in [0.15, 0.2) is 16.6 Å². The first-order chi connectivity index (χ1) is 10.6. The van der Waals surface area contributed by atoms with Gasteiger partial charge in [-0.2, -0.15) is 0 Å². The average Bonchev–Trinajstić information content (AvgIpc) is 2.38. The van der Waals surface area contributed by atoms with E-state index in [-0.39, 0.29) is 22.3 Å². The Kier molecular flexibility index (Phi) is 8.24. The van der Waals surface area contributed by atoms with E-state index in [9.17, 15) is 0 Å². The number of allylic oxidation sites excluding steroid dienone is 1. The fourth-order valence-corrected chi connectivity index (χ4v) is 4.38. The number of hydrogen-bond acceptors (Lipinski definition) is 2. The van der Waals surface area contributed by atoms with Gasteiger partial charge in [-0.25, -0.2) is 0 Å². The maximum Gasteiger partial charge on any atom is 0.193 e. The minimum absolute atomic E-state index is 0.0667. The number of rotatable bonds is 8. The van der Waals surface area contributed by atoms with Gasteiger partial charge in [-0.15, -0.1) is 13.0 Å². The molecule has 0 bridgehead atoms. The van der Waals surface area contributed by atoms with Gasteiger partial charge in [0.25, 0.3) is 0 Å². The van der Waals surface area contributed by atoms with Crippen LogP contribution >= 0.6 is 0 Å². The molecule has 0 amide bonds. The van der Waals surface area contributed by atoms with Crippen LogP contribution in [0.15, 0.2) is 12.7 Å². The van der Waals surface area contributed by atoms with Gasteiger partial charge in [0, 0.05) is 0 Å². The predicted octanol–water partition coefficient (Wildman–Crippen LogP) is 6.37. The quantitative estimate of drug-likeness (QED) is 0.282. The summed E-state index contributed by atoms with van der Waals surface area (Å²) in [6.07, 6.45) is 9.20. The topological polar surface area (TPSA) is 18.5 Å². The third-order valence-corrected chi connectivity index (χ3v) is 14.6. The van der Waals surface area contributed by atoms with Crippen LogP contribution in [0.1, 0.15) is 54.4 Å². The fourth-order valence-electron chi connectivity index (χ4n) is 1.82. The lowest BCUT2D eigenvalue weighted by Gasteiger charge is -2.43. The van der Waals surface area contributed by atoms with Crippen molar-refractivity contribution in [2.24, 2.45) is 0 Å². The van der Waals surface area contributed by atoms with Crippen LogP contribution in [0.4, 0.5) is 0 Å². The molecule has 0 aromatic heterocycles. The van der Waals surface area contributed by atoms with Crippen molar-refractivity contribution in [3.8, 4) is 12.3 Å². The van der Waals surface area contributed by atoms with E-state index in [1.165, 1.54) is 0 Å². The summed E-state index contributed by atoms with van der Waals surface area (Å²) in [6, 6.07) is 0. The van der Waals surface area contributed by atoms with E-state index in [1.807, 2.05) is 6.08 Å². The lowest BCUT2D eigenvalue weighted by Crippen LogP contribution is -2.51. The molecule has 0 aromatic rings. The molecule has 0 heterocycles. The highest BCUT2D eigenvalue weighted by Crippen LogP contribution is 2.40. The highest BCUT2D eigenvalue weighted by atomic mass is 28.4. The Balaban J connectivity index is 5.48. The van der Waals surface area contributed by atoms with Crippen molar-refractivity contribution < 1.29 is 8.85 Å². The molecule has 24 heavy (non-hydrogen) atoms. The Bertz CT molecular complexity index is 448. The molecular formula is C20H40O2Si2. The normalized spacial score (nSPS) is 16.4. The van der Waals surface area contributed by atoms with Crippen LogP contribution in [0.2, 0.25) is 36.3 Å². The van der Waals surface area contributed by atoms with E-state index < -0.39 is 16.6 Å². The van der Waals surface area contributed by atoms with Gasteiger partial charge in [0.1, 0.15) is 6.10 Å². The largest absolute Gasteiger partial charge is 0.410 e. The van der Waals surface area contributed by atoms with Crippen molar-refractivity contribution in [2.45, 2.75) is 103 Å². The highest BCUT2D eigenvalue weighted by Gasteiger charge is 2.44. The highest BCUT2D eigenvalue weighted by molar-refractivity contribution is 6.74. The van der Waals surface area contributed by atoms with E-state index in [4.69, 9.17) is 15.3 Å². The molecule has 4 heteroatoms. The maximum absolute atomic E-state index is 6.66. The molecule has 2 nitrogen and oxygen atoms in total. The molecule has 0 aliphatic carbocycles. The SMILES string of the molecule is C#C[C@H](O[Si](C)(C)C(C)(C)C)[C@H](CCC=C)O[Si](C)(C)C(C)(C)C. The first kappa shape index (κ1) is 23.7. The molecule has 0 saturated heterocycles. The minimum atomic E-state index is -1.95. The molecule has 0 radical (unpaired) electrons. The molecule has 0 spiro atoms. The molecule has 0 rings (SSSR count). The molecule has 0 fully saturated rings. The van der Waals surface area contributed by atoms with Crippen LogP contribution in [0, 0.1) is 12.3 Å². The van der Waals surface area contributed by atoms with Gasteiger partial charge < -0.3 is 8.85 Å². The molecule has 0 aromatic carbocycles. The first-order valence-electron chi connectivity index (χ1n) is 9.02. The average molecular weight is 369 g/mol. The van der Waals surface area contributed by atoms with E-state index in [2.05, 4.69) is 80.2 Å². The van der Waals surface area contributed by atoms with Crippen LogP contribution in [-0.4, -0.2) is 28.8 Å². The monoisotopic (exact) mass is 368 g/mol. The third-order valence-electron chi connectivity index (χ3n) is 5.64. The second kappa shape index (κ2) is 8.36. The Hall–Kier alpha value is -0.346. The second-order valence-electron chi connectivity index (χ2n) is 9.75. The summed E-state index contributed by atoms with van der Waals surface area (Å²) in [4.78, 5) is 0. The van der Waals surface area contributed by atoms with Crippen molar-refractivity contribution in [1.82, 2.24) is 0 Å². The molecule has 0 unspecified atom stereocenters. The van der Waals surface area contributed by atoms with Crippen LogP contribution < -0.4 is 0 Å². The third kappa shape index (κ3) is 6.52. The first-order valence-corrected chi connectivity index (χ1v) is 14.8. The van der Waals surface area contributed by atoms with Gasteiger partial charge in [0.05, 0.1) is 6.10 Å². The Morgan fingerprint density at radius 3 is 1.71 bits per heavy atom. The number of terminal acetylenes is 1. The van der Waals surface area contributed by atoms with Crippen LogP contribution in [0.25, 0.3) is 0 Å². The molecule has 2 atom stereocenters. The predicted molar refractivity (Wildman–Crippen MR) is 112 cm³/mol. The Morgan fingerprint density at radius 2 is 1.38 bits per heavy atom. The lowest BCUT2D eigenvalue weighted by atomic mass is 10.1. The fraction of sp³-hybridized carbons (Fsp3) is 0.800. The summed E-state index contributed by atoms with van der Waals surface area (Å²) >= 11 is 0. The van der Waals surface area contributed by atoms with E-state index in [0.717, 1.165) is 12.8 Å². The summed E-state index contributed by atoms with van der Waals surface area (Å²) in [5.41, 5.74) is 0. The van der Waals surface area contributed by atoms with Crippen LogP contribution in [-0.2, 0) is 8.85 Å². The maximum atomic E-state index is 6.66. The molecule has 140 valence electrons. The summed E-state index contributed by atoms with van der Waals surface area (Å²) in [5, 5.41) is 0.275. The van der Waals surface area contributed by atoms with Crippen molar-refractivity contribution in [2.75, 3.05) is 0 Å². The van der Waals surface area contributed by atoms with Gasteiger partial charge in [0.2, 0.25) is 0 Å². The van der Waals surface area contributed by atoms with Gasteiger partial charge in [-0.1, -0.05) is 53.5 Å². The summed E-state index contributed by atoms with van der Waals surface area (Å²) < 4.78 is 13.2. The molecule has 0 N–H and O–H groups in total. The molecule has 0 saturated carbocycles. The smallest absolute Gasteiger partial charge is 0.193 e. The van der Waals surface area contributed by atoms with Crippen molar-refractivity contribution >= 4 is 16.6 Å². The summed E-state index contributed by atoms with van der Waals surface area (Å²) in [6.45, 7) is 26.3. The molecule has 0 aliphatic rings. The van der Waals surface area contributed by atoms with Crippen LogP contribution in [0.3, 0.4) is 0 Å². The molecular weight excluding hydrogens is 328 g/mol. The zero-order chi connectivity index (χ0) is 19.4. The zero-order valence-corrected chi connectivity index (χ0v) is 19.7. The number of hydrogen-bond donors (Lipinski definition) is 0. The van der Waals surface area contributed by atoms with E-state index in [0.29, 0.717) is 0 Å². The Morgan fingerprint density at radius 1 is 0.958 bits per heavy atom. The second-order valence-corrected chi connectivity index (χ2v) is 19.3. The Labute approximate surface area is 153 Å². The van der Waals surface area contributed by atoms with Crippen LogP contribution in [0.5, 0.6) is 0 Å². The van der Waals surface area contributed by atoms with Gasteiger partial charge in [-0.05, 0) is 49.1 Å². The molecule has 0 aliphatic heterocycles. The summed E-state index contributed by atoms with van der Waals surface area (Å²) in [7, 11) is -3.86. The van der Waals surface area contributed by atoms with Gasteiger partial charge >= 0.3 is 0 Å². The standard InChI is InChI=1S/C20H40O2Si2/c1-13-15-16-18(22-24(11,12)20(6,7)8)17(14-2)21-23(9,10)19(3,4)5/h2,13,17-18H,1,15-16H2,3-12H3/t17-,18-/m0/s1. The van der Waals surface area contributed by atoms with Crippen molar-refractivity contribution in [1.29, 1.82) is 0 Å². The van der Waals surface area contributed by atoms with Crippen molar-refractivity contribution in [3.05, 3.63) is 12.7 Å². The van der Waals surface area contributed by atoms with E-state index >= 15 is 0 Å². The zero-order valence-electron chi connectivity index (χ0n) is 17.7. The lowest BCUT2D eigenvalue weighted by molar-refractivity contribution is 0.0637. The van der Waals surface area contributed by atoms with E-state index in [1.54, 1.807) is 0 Å².